The molecular weight excluding hydrogens is 244 g/mol. The lowest BCUT2D eigenvalue weighted by atomic mass is 10.1. The molecule has 0 aliphatic carbocycles. The number of aromatic nitrogens is 2. The summed E-state index contributed by atoms with van der Waals surface area (Å²) >= 11 is 0. The first kappa shape index (κ1) is 15.6. The van der Waals surface area contributed by atoms with Crippen LogP contribution in [0.2, 0.25) is 0 Å². The van der Waals surface area contributed by atoms with Gasteiger partial charge in [0.25, 0.3) is 0 Å². The van der Waals surface area contributed by atoms with E-state index in [1.165, 1.54) is 0 Å². The summed E-state index contributed by atoms with van der Waals surface area (Å²) in [5.74, 6) is 0.250. The van der Waals surface area contributed by atoms with Gasteiger partial charge in [-0.1, -0.05) is 13.3 Å². The molecule has 1 rings (SSSR count). The smallest absolute Gasteiger partial charge is 0.341 e. The fourth-order valence-corrected chi connectivity index (χ4v) is 1.76. The zero-order valence-corrected chi connectivity index (χ0v) is 12.1. The largest absolute Gasteiger partial charge is 0.462 e. The van der Waals surface area contributed by atoms with Crippen molar-refractivity contribution in [3.63, 3.8) is 0 Å². The summed E-state index contributed by atoms with van der Waals surface area (Å²) in [6.45, 7) is 8.61. The molecule has 5 nitrogen and oxygen atoms in total. The van der Waals surface area contributed by atoms with E-state index in [0.717, 1.165) is 18.5 Å². The van der Waals surface area contributed by atoms with Crippen molar-refractivity contribution in [1.82, 2.24) is 9.97 Å². The summed E-state index contributed by atoms with van der Waals surface area (Å²) in [6.07, 6.45) is 3.01. The molecule has 0 N–H and O–H groups in total. The van der Waals surface area contributed by atoms with Crippen LogP contribution in [0.25, 0.3) is 0 Å². The van der Waals surface area contributed by atoms with E-state index in [0.29, 0.717) is 24.6 Å². The highest BCUT2D eigenvalue weighted by atomic mass is 16.5. The highest BCUT2D eigenvalue weighted by Gasteiger charge is 2.17. The number of ether oxygens (including phenoxy) is 2. The van der Waals surface area contributed by atoms with Gasteiger partial charge in [0.1, 0.15) is 6.10 Å². The summed E-state index contributed by atoms with van der Waals surface area (Å²) in [4.78, 5) is 20.5. The van der Waals surface area contributed by atoms with Gasteiger partial charge in [0.15, 0.2) is 5.82 Å². The standard InChI is InChI=1S/C14H22N2O3/c1-5-8-12-11(14(17)19-7-3)9-15-13(16-12)10(4)18-6-2/h9-10H,5-8H2,1-4H3. The van der Waals surface area contributed by atoms with Crippen LogP contribution in [0.5, 0.6) is 0 Å². The van der Waals surface area contributed by atoms with Crippen molar-refractivity contribution in [2.45, 2.75) is 46.6 Å². The number of hydrogen-bond donors (Lipinski definition) is 0. The Kier molecular flexibility index (Phi) is 6.42. The average Bonchev–Trinajstić information content (AvgIpc) is 2.39. The SMILES string of the molecule is CCCc1nc(C(C)OCC)ncc1C(=O)OCC. The van der Waals surface area contributed by atoms with Crippen LogP contribution in [0.3, 0.4) is 0 Å². The van der Waals surface area contributed by atoms with Gasteiger partial charge in [-0.2, -0.15) is 0 Å². The number of aryl methyl sites for hydroxylation is 1. The second-order valence-corrected chi connectivity index (χ2v) is 4.16. The minimum atomic E-state index is -0.360. The molecule has 0 spiro atoms. The number of carbonyl (C=O) groups is 1. The van der Waals surface area contributed by atoms with E-state index in [2.05, 4.69) is 9.97 Å². The van der Waals surface area contributed by atoms with Crippen molar-refractivity contribution < 1.29 is 14.3 Å². The molecule has 0 amide bonds. The monoisotopic (exact) mass is 266 g/mol. The van der Waals surface area contributed by atoms with Crippen molar-refractivity contribution in [2.24, 2.45) is 0 Å². The van der Waals surface area contributed by atoms with Crippen LogP contribution in [0, 0.1) is 0 Å². The van der Waals surface area contributed by atoms with E-state index in [-0.39, 0.29) is 12.1 Å². The highest BCUT2D eigenvalue weighted by molar-refractivity contribution is 5.90. The molecule has 0 saturated heterocycles. The van der Waals surface area contributed by atoms with Crippen molar-refractivity contribution in [2.75, 3.05) is 13.2 Å². The third-order valence-corrected chi connectivity index (χ3v) is 2.65. The van der Waals surface area contributed by atoms with Crippen LogP contribution in [-0.4, -0.2) is 29.2 Å². The van der Waals surface area contributed by atoms with E-state index in [9.17, 15) is 4.79 Å². The maximum absolute atomic E-state index is 11.8. The Hall–Kier alpha value is -1.49. The Labute approximate surface area is 114 Å². The first-order valence-electron chi connectivity index (χ1n) is 6.78. The van der Waals surface area contributed by atoms with Crippen LogP contribution >= 0.6 is 0 Å². The maximum atomic E-state index is 11.8. The Morgan fingerprint density at radius 1 is 1.32 bits per heavy atom. The molecule has 0 aliphatic heterocycles. The van der Waals surface area contributed by atoms with Gasteiger partial charge in [0.2, 0.25) is 0 Å². The average molecular weight is 266 g/mol. The first-order valence-corrected chi connectivity index (χ1v) is 6.78. The predicted octanol–water partition coefficient (Wildman–Crippen LogP) is 2.70. The number of rotatable bonds is 7. The molecule has 0 saturated carbocycles. The Bertz CT molecular complexity index is 421. The number of nitrogens with zero attached hydrogens (tertiary/aromatic N) is 2. The van der Waals surface area contributed by atoms with E-state index in [1.807, 2.05) is 20.8 Å². The van der Waals surface area contributed by atoms with Gasteiger partial charge in [0, 0.05) is 12.8 Å². The molecule has 1 unspecified atom stereocenters. The summed E-state index contributed by atoms with van der Waals surface area (Å²) in [5.41, 5.74) is 1.19. The molecule has 106 valence electrons. The molecular formula is C14H22N2O3. The third kappa shape index (κ3) is 4.28. The number of esters is 1. The maximum Gasteiger partial charge on any atom is 0.341 e. The molecule has 1 atom stereocenters. The molecule has 0 bridgehead atoms. The molecule has 1 heterocycles. The van der Waals surface area contributed by atoms with Gasteiger partial charge in [-0.25, -0.2) is 14.8 Å². The van der Waals surface area contributed by atoms with Crippen LogP contribution in [0.4, 0.5) is 0 Å². The molecule has 5 heteroatoms. The van der Waals surface area contributed by atoms with Gasteiger partial charge >= 0.3 is 5.97 Å². The first-order chi connectivity index (χ1) is 9.13. The summed E-state index contributed by atoms with van der Waals surface area (Å²) in [5, 5.41) is 0. The van der Waals surface area contributed by atoms with Crippen LogP contribution in [-0.2, 0) is 15.9 Å². The van der Waals surface area contributed by atoms with Crippen molar-refractivity contribution in [1.29, 1.82) is 0 Å². The van der Waals surface area contributed by atoms with Gasteiger partial charge in [-0.05, 0) is 27.2 Å². The van der Waals surface area contributed by atoms with Crippen LogP contribution < -0.4 is 0 Å². The fourth-order valence-electron chi connectivity index (χ4n) is 1.76. The minimum absolute atomic E-state index is 0.170. The van der Waals surface area contributed by atoms with Gasteiger partial charge in [-0.3, -0.25) is 0 Å². The van der Waals surface area contributed by atoms with Crippen LogP contribution in [0.15, 0.2) is 6.20 Å². The molecule has 1 aromatic heterocycles. The normalized spacial score (nSPS) is 12.2. The lowest BCUT2D eigenvalue weighted by Crippen LogP contribution is -2.14. The van der Waals surface area contributed by atoms with E-state index >= 15 is 0 Å². The lowest BCUT2D eigenvalue weighted by molar-refractivity contribution is 0.0520. The van der Waals surface area contributed by atoms with Crippen molar-refractivity contribution >= 4 is 5.97 Å². The summed E-state index contributed by atoms with van der Waals surface area (Å²) in [7, 11) is 0. The predicted molar refractivity (Wildman–Crippen MR) is 72.0 cm³/mol. The second kappa shape index (κ2) is 7.84. The number of carbonyl (C=O) groups excluding carboxylic acids is 1. The topological polar surface area (TPSA) is 61.3 Å². The Morgan fingerprint density at radius 2 is 2.05 bits per heavy atom. The van der Waals surface area contributed by atoms with Gasteiger partial charge in [0.05, 0.1) is 17.9 Å². The summed E-state index contributed by atoms with van der Waals surface area (Å²) in [6, 6.07) is 0. The number of hydrogen-bond acceptors (Lipinski definition) is 5. The highest BCUT2D eigenvalue weighted by Crippen LogP contribution is 2.16. The van der Waals surface area contributed by atoms with Gasteiger partial charge in [-0.15, -0.1) is 0 Å². The van der Waals surface area contributed by atoms with E-state index < -0.39 is 0 Å². The molecule has 1 aromatic rings. The Morgan fingerprint density at radius 3 is 2.63 bits per heavy atom. The van der Waals surface area contributed by atoms with E-state index in [1.54, 1.807) is 13.1 Å². The minimum Gasteiger partial charge on any atom is -0.462 e. The van der Waals surface area contributed by atoms with E-state index in [4.69, 9.17) is 9.47 Å². The zero-order chi connectivity index (χ0) is 14.3. The lowest BCUT2D eigenvalue weighted by Gasteiger charge is -2.13. The molecule has 0 aromatic carbocycles. The van der Waals surface area contributed by atoms with Gasteiger partial charge < -0.3 is 9.47 Å². The Balaban J connectivity index is 3.03. The molecule has 0 aliphatic rings. The zero-order valence-electron chi connectivity index (χ0n) is 12.1. The molecule has 0 radical (unpaired) electrons. The molecule has 0 fully saturated rings. The second-order valence-electron chi connectivity index (χ2n) is 4.16. The van der Waals surface area contributed by atoms with Crippen LogP contribution in [0.1, 0.15) is 62.1 Å². The summed E-state index contributed by atoms with van der Waals surface area (Å²) < 4.78 is 10.5. The third-order valence-electron chi connectivity index (χ3n) is 2.65. The van der Waals surface area contributed by atoms with Crippen molar-refractivity contribution in [3.8, 4) is 0 Å². The fraction of sp³-hybridized carbons (Fsp3) is 0.643. The molecule has 19 heavy (non-hydrogen) atoms. The quantitative estimate of drug-likeness (QED) is 0.710. The van der Waals surface area contributed by atoms with Crippen molar-refractivity contribution in [3.05, 3.63) is 23.3 Å².